The van der Waals surface area contributed by atoms with Crippen molar-refractivity contribution in [1.29, 1.82) is 0 Å². The number of hydrogen-bond acceptors (Lipinski definition) is 6. The maximum Gasteiger partial charge on any atom is 0.342 e. The minimum atomic E-state index is -0.875. The standard InChI is InChI=1S/C24H25NO6/c1-14-10-19(15(2)25(14)12-16-6-5-9-30-16)22(27)13-31-24(29)20-11-21(26)17-7-3-4-8-18(17)23(20)28/h3-4,7-8,10-11,16,26,28H,5-6,9,12-13H2,1-2H3/t16-/m1/s1. The van der Waals surface area contributed by atoms with E-state index in [9.17, 15) is 19.8 Å². The Balaban J connectivity index is 1.48. The van der Waals surface area contributed by atoms with Gasteiger partial charge in [-0.15, -0.1) is 0 Å². The van der Waals surface area contributed by atoms with Crippen LogP contribution in [-0.4, -0.2) is 45.9 Å². The molecule has 1 aromatic heterocycles. The molecule has 0 unspecified atom stereocenters. The average Bonchev–Trinajstić information content (AvgIpc) is 3.38. The molecule has 1 aliphatic heterocycles. The quantitative estimate of drug-likeness (QED) is 0.355. The third kappa shape index (κ3) is 4.01. The highest BCUT2D eigenvalue weighted by Gasteiger charge is 2.23. The zero-order valence-electron chi connectivity index (χ0n) is 17.6. The first kappa shape index (κ1) is 20.9. The van der Waals surface area contributed by atoms with E-state index in [1.165, 1.54) is 0 Å². The van der Waals surface area contributed by atoms with Gasteiger partial charge in [0, 0.05) is 40.9 Å². The van der Waals surface area contributed by atoms with E-state index in [0.29, 0.717) is 22.9 Å². The largest absolute Gasteiger partial charge is 0.507 e. The molecule has 0 saturated carbocycles. The second-order valence-electron chi connectivity index (χ2n) is 7.87. The van der Waals surface area contributed by atoms with Gasteiger partial charge in [-0.3, -0.25) is 4.79 Å². The van der Waals surface area contributed by atoms with Gasteiger partial charge in [-0.1, -0.05) is 24.3 Å². The van der Waals surface area contributed by atoms with E-state index in [4.69, 9.17) is 9.47 Å². The number of carbonyl (C=O) groups is 2. The number of carbonyl (C=O) groups excluding carboxylic acids is 2. The highest BCUT2D eigenvalue weighted by molar-refractivity contribution is 6.05. The molecule has 0 amide bonds. The van der Waals surface area contributed by atoms with Gasteiger partial charge in [-0.05, 0) is 38.8 Å². The summed E-state index contributed by atoms with van der Waals surface area (Å²) in [5, 5.41) is 21.4. The number of fused-ring (bicyclic) bond motifs is 1. The number of phenolic OH excluding ortho intramolecular Hbond substituents is 2. The summed E-state index contributed by atoms with van der Waals surface area (Å²) in [6, 6.07) is 9.57. The van der Waals surface area contributed by atoms with Crippen LogP contribution in [-0.2, 0) is 16.0 Å². The lowest BCUT2D eigenvalue weighted by Gasteiger charge is -2.14. The molecule has 4 rings (SSSR count). The summed E-state index contributed by atoms with van der Waals surface area (Å²) in [4.78, 5) is 25.3. The van der Waals surface area contributed by atoms with Crippen molar-refractivity contribution in [3.63, 3.8) is 0 Å². The Labute approximate surface area is 179 Å². The van der Waals surface area contributed by atoms with E-state index in [1.807, 2.05) is 13.8 Å². The molecule has 1 saturated heterocycles. The predicted octanol–water partition coefficient (Wildman–Crippen LogP) is 3.89. The number of benzene rings is 2. The zero-order chi connectivity index (χ0) is 22.1. The fraction of sp³-hybridized carbons (Fsp3) is 0.333. The number of hydrogen-bond donors (Lipinski definition) is 2. The second-order valence-corrected chi connectivity index (χ2v) is 7.87. The molecule has 7 nitrogen and oxygen atoms in total. The molecule has 2 aromatic carbocycles. The van der Waals surface area contributed by atoms with Gasteiger partial charge in [0.15, 0.2) is 6.61 Å². The van der Waals surface area contributed by atoms with E-state index < -0.39 is 12.6 Å². The molecule has 2 heterocycles. The van der Waals surface area contributed by atoms with E-state index in [0.717, 1.165) is 36.9 Å². The maximum atomic E-state index is 12.7. The zero-order valence-corrected chi connectivity index (χ0v) is 17.6. The number of rotatable bonds is 6. The molecule has 1 aliphatic rings. The molecule has 0 aliphatic carbocycles. The Morgan fingerprint density at radius 3 is 2.58 bits per heavy atom. The highest BCUT2D eigenvalue weighted by atomic mass is 16.5. The van der Waals surface area contributed by atoms with Crippen molar-refractivity contribution in [2.45, 2.75) is 39.3 Å². The molecule has 0 radical (unpaired) electrons. The van der Waals surface area contributed by atoms with E-state index in [-0.39, 0.29) is 28.9 Å². The number of nitrogens with zero attached hydrogens (tertiary/aromatic N) is 1. The molecule has 2 N–H and O–H groups in total. The summed E-state index contributed by atoms with van der Waals surface area (Å²) in [7, 11) is 0. The van der Waals surface area contributed by atoms with Gasteiger partial charge in [0.25, 0.3) is 0 Å². The van der Waals surface area contributed by atoms with Crippen molar-refractivity contribution in [2.75, 3.05) is 13.2 Å². The van der Waals surface area contributed by atoms with Crippen LogP contribution in [0, 0.1) is 13.8 Å². The van der Waals surface area contributed by atoms with Crippen LogP contribution >= 0.6 is 0 Å². The minimum absolute atomic E-state index is 0.147. The third-order valence-corrected chi connectivity index (χ3v) is 5.83. The number of Topliss-reactive ketones (excluding diaryl/α,β-unsaturated/α-hetero) is 1. The lowest BCUT2D eigenvalue weighted by molar-refractivity contribution is 0.0471. The summed E-state index contributed by atoms with van der Waals surface area (Å²) >= 11 is 0. The number of phenols is 2. The first-order valence-corrected chi connectivity index (χ1v) is 10.3. The monoisotopic (exact) mass is 423 g/mol. The predicted molar refractivity (Wildman–Crippen MR) is 115 cm³/mol. The molecular weight excluding hydrogens is 398 g/mol. The van der Waals surface area contributed by atoms with Crippen molar-refractivity contribution >= 4 is 22.5 Å². The Morgan fingerprint density at radius 1 is 1.13 bits per heavy atom. The van der Waals surface area contributed by atoms with Crippen LogP contribution in [0.15, 0.2) is 36.4 Å². The summed E-state index contributed by atoms with van der Waals surface area (Å²) in [5.41, 5.74) is 2.06. The average molecular weight is 423 g/mol. The number of ether oxygens (including phenoxy) is 2. The fourth-order valence-electron chi connectivity index (χ4n) is 4.14. The Bertz CT molecular complexity index is 1160. The fourth-order valence-corrected chi connectivity index (χ4v) is 4.14. The van der Waals surface area contributed by atoms with Crippen LogP contribution in [0.25, 0.3) is 10.8 Å². The van der Waals surface area contributed by atoms with Crippen molar-refractivity contribution < 1.29 is 29.3 Å². The Morgan fingerprint density at radius 2 is 1.87 bits per heavy atom. The van der Waals surface area contributed by atoms with Crippen LogP contribution in [0.5, 0.6) is 11.5 Å². The van der Waals surface area contributed by atoms with Crippen molar-refractivity contribution in [3.05, 3.63) is 58.9 Å². The molecule has 162 valence electrons. The van der Waals surface area contributed by atoms with E-state index in [2.05, 4.69) is 4.57 Å². The van der Waals surface area contributed by atoms with Gasteiger partial charge < -0.3 is 24.3 Å². The number of aromatic hydroxyl groups is 2. The van der Waals surface area contributed by atoms with Gasteiger partial charge in [-0.2, -0.15) is 0 Å². The minimum Gasteiger partial charge on any atom is -0.507 e. The number of aromatic nitrogens is 1. The van der Waals surface area contributed by atoms with Gasteiger partial charge >= 0.3 is 5.97 Å². The van der Waals surface area contributed by atoms with E-state index in [1.54, 1.807) is 30.3 Å². The second kappa shape index (κ2) is 8.43. The van der Waals surface area contributed by atoms with Gasteiger partial charge in [-0.25, -0.2) is 4.79 Å². The SMILES string of the molecule is Cc1cc(C(=O)COC(=O)c2cc(O)c3ccccc3c2O)c(C)n1C[C@H]1CCCO1. The Hall–Kier alpha value is -3.32. The molecular formula is C24H25NO6. The highest BCUT2D eigenvalue weighted by Crippen LogP contribution is 2.35. The van der Waals surface area contributed by atoms with Crippen molar-refractivity contribution in [2.24, 2.45) is 0 Å². The van der Waals surface area contributed by atoms with Crippen LogP contribution in [0.4, 0.5) is 0 Å². The molecule has 1 atom stereocenters. The van der Waals surface area contributed by atoms with Gasteiger partial charge in [0.1, 0.15) is 17.1 Å². The smallest absolute Gasteiger partial charge is 0.342 e. The van der Waals surface area contributed by atoms with Crippen molar-refractivity contribution in [3.8, 4) is 11.5 Å². The number of aryl methyl sites for hydroxylation is 1. The summed E-state index contributed by atoms with van der Waals surface area (Å²) in [6.07, 6.45) is 2.19. The summed E-state index contributed by atoms with van der Waals surface area (Å²) in [5.74, 6) is -1.64. The van der Waals surface area contributed by atoms with Crippen LogP contribution in [0.2, 0.25) is 0 Å². The Kier molecular flexibility index (Phi) is 5.69. The number of ketones is 1. The molecule has 1 fully saturated rings. The summed E-state index contributed by atoms with van der Waals surface area (Å²) in [6.45, 7) is 4.79. The maximum absolute atomic E-state index is 12.7. The topological polar surface area (TPSA) is 98.0 Å². The van der Waals surface area contributed by atoms with Gasteiger partial charge in [0.2, 0.25) is 5.78 Å². The molecule has 31 heavy (non-hydrogen) atoms. The third-order valence-electron chi connectivity index (χ3n) is 5.83. The molecule has 3 aromatic rings. The van der Waals surface area contributed by atoms with Gasteiger partial charge in [0.05, 0.1) is 6.10 Å². The number of esters is 1. The normalized spacial score (nSPS) is 16.0. The van der Waals surface area contributed by atoms with Crippen LogP contribution in [0.1, 0.15) is 44.9 Å². The van der Waals surface area contributed by atoms with Crippen LogP contribution in [0.3, 0.4) is 0 Å². The lowest BCUT2D eigenvalue weighted by Crippen LogP contribution is -2.18. The molecule has 0 spiro atoms. The van der Waals surface area contributed by atoms with Crippen molar-refractivity contribution in [1.82, 2.24) is 4.57 Å². The molecule has 0 bridgehead atoms. The first-order chi connectivity index (χ1) is 14.9. The van der Waals surface area contributed by atoms with Crippen LogP contribution < -0.4 is 0 Å². The van der Waals surface area contributed by atoms with E-state index >= 15 is 0 Å². The molecule has 7 heteroatoms. The lowest BCUT2D eigenvalue weighted by atomic mass is 10.0. The summed E-state index contributed by atoms with van der Waals surface area (Å²) < 4.78 is 12.9. The first-order valence-electron chi connectivity index (χ1n) is 10.3.